The van der Waals surface area contributed by atoms with Crippen molar-refractivity contribution in [2.45, 2.75) is 6.42 Å². The molecule has 9 heteroatoms. The molecule has 1 N–H and O–H groups in total. The predicted octanol–water partition coefficient (Wildman–Crippen LogP) is 2.61. The van der Waals surface area contributed by atoms with Crippen LogP contribution in [-0.4, -0.2) is 66.8 Å². The molecule has 0 aromatic heterocycles. The average molecular weight is 459 g/mol. The Morgan fingerprint density at radius 2 is 1.72 bits per heavy atom. The summed E-state index contributed by atoms with van der Waals surface area (Å²) >= 11 is 6.07. The van der Waals surface area contributed by atoms with Crippen molar-refractivity contribution < 1.29 is 18.8 Å². The highest BCUT2D eigenvalue weighted by Gasteiger charge is 2.38. The zero-order valence-corrected chi connectivity index (χ0v) is 18.2. The average Bonchev–Trinajstić information content (AvgIpc) is 3.17. The van der Waals surface area contributed by atoms with Crippen LogP contribution in [0.5, 0.6) is 0 Å². The van der Waals surface area contributed by atoms with Crippen LogP contribution in [0, 0.1) is 11.7 Å². The summed E-state index contributed by atoms with van der Waals surface area (Å²) in [6.07, 6.45) is 0.0770. The van der Waals surface area contributed by atoms with E-state index in [2.05, 4.69) is 5.32 Å². The molecule has 168 valence electrons. The minimum atomic E-state index is -0.489. The largest absolute Gasteiger partial charge is 0.340 e. The highest BCUT2D eigenvalue weighted by atomic mass is 35.5. The second kappa shape index (κ2) is 9.67. The third-order valence-corrected chi connectivity index (χ3v) is 6.15. The molecule has 2 heterocycles. The van der Waals surface area contributed by atoms with Crippen LogP contribution >= 0.6 is 11.6 Å². The van der Waals surface area contributed by atoms with E-state index in [1.165, 1.54) is 11.0 Å². The first kappa shape index (κ1) is 22.2. The zero-order valence-electron chi connectivity index (χ0n) is 17.5. The third-order valence-electron chi connectivity index (χ3n) is 5.82. The summed E-state index contributed by atoms with van der Waals surface area (Å²) < 4.78 is 14.1. The Morgan fingerprint density at radius 1 is 1.03 bits per heavy atom. The fourth-order valence-electron chi connectivity index (χ4n) is 4.12. The molecule has 4 rings (SSSR count). The lowest BCUT2D eigenvalue weighted by atomic mass is 10.1. The van der Waals surface area contributed by atoms with E-state index in [1.54, 1.807) is 47.4 Å². The number of hydrogen-bond donors (Lipinski definition) is 1. The zero-order chi connectivity index (χ0) is 22.7. The van der Waals surface area contributed by atoms with Crippen molar-refractivity contribution in [1.82, 2.24) is 9.80 Å². The van der Waals surface area contributed by atoms with E-state index in [0.717, 1.165) is 0 Å². The summed E-state index contributed by atoms with van der Waals surface area (Å²) in [4.78, 5) is 42.7. The number of piperazine rings is 1. The van der Waals surface area contributed by atoms with Gasteiger partial charge in [0.25, 0.3) is 0 Å². The SMILES string of the molecule is O=C(CN1CCN(C(=O)C2CC(=O)N(c3ccccc3F)C2)CC1)Nc1ccccc1Cl. The monoisotopic (exact) mass is 458 g/mol. The van der Waals surface area contributed by atoms with Crippen molar-refractivity contribution in [2.75, 3.05) is 49.5 Å². The van der Waals surface area contributed by atoms with Crippen molar-refractivity contribution in [3.8, 4) is 0 Å². The topological polar surface area (TPSA) is 73.0 Å². The van der Waals surface area contributed by atoms with Gasteiger partial charge in [-0.05, 0) is 24.3 Å². The van der Waals surface area contributed by atoms with Crippen LogP contribution in [0.3, 0.4) is 0 Å². The summed E-state index contributed by atoms with van der Waals surface area (Å²) in [5.41, 5.74) is 0.778. The van der Waals surface area contributed by atoms with Gasteiger partial charge in [0.05, 0.1) is 28.9 Å². The number of amides is 3. The summed E-state index contributed by atoms with van der Waals surface area (Å²) in [6.45, 7) is 2.44. The normalized spacial score (nSPS) is 19.3. The van der Waals surface area contributed by atoms with Crippen molar-refractivity contribution >= 4 is 40.7 Å². The molecule has 2 aliphatic rings. The van der Waals surface area contributed by atoms with E-state index in [-0.39, 0.29) is 42.9 Å². The van der Waals surface area contributed by atoms with Crippen LogP contribution in [-0.2, 0) is 14.4 Å². The molecule has 2 saturated heterocycles. The highest BCUT2D eigenvalue weighted by molar-refractivity contribution is 6.33. The van der Waals surface area contributed by atoms with Crippen LogP contribution in [0.1, 0.15) is 6.42 Å². The number of halogens is 2. The van der Waals surface area contributed by atoms with E-state index >= 15 is 0 Å². The Bertz CT molecular complexity index is 1030. The molecule has 1 atom stereocenters. The molecule has 2 aromatic carbocycles. The van der Waals surface area contributed by atoms with Crippen molar-refractivity contribution in [1.29, 1.82) is 0 Å². The van der Waals surface area contributed by atoms with Gasteiger partial charge in [-0.1, -0.05) is 35.9 Å². The fourth-order valence-corrected chi connectivity index (χ4v) is 4.30. The van der Waals surface area contributed by atoms with Crippen molar-refractivity contribution in [3.05, 3.63) is 59.4 Å². The van der Waals surface area contributed by atoms with Crippen molar-refractivity contribution in [2.24, 2.45) is 5.92 Å². The Kier molecular flexibility index (Phi) is 6.72. The number of hydrogen-bond acceptors (Lipinski definition) is 4. The van der Waals surface area contributed by atoms with Gasteiger partial charge in [-0.15, -0.1) is 0 Å². The van der Waals surface area contributed by atoms with Gasteiger partial charge >= 0.3 is 0 Å². The van der Waals surface area contributed by atoms with Gasteiger partial charge < -0.3 is 15.1 Å². The van der Waals surface area contributed by atoms with Crippen LogP contribution in [0.25, 0.3) is 0 Å². The second-order valence-electron chi connectivity index (χ2n) is 7.99. The van der Waals surface area contributed by atoms with Gasteiger partial charge in [0.1, 0.15) is 5.82 Å². The molecule has 0 saturated carbocycles. The maximum atomic E-state index is 14.1. The molecule has 2 aliphatic heterocycles. The summed E-state index contributed by atoms with van der Waals surface area (Å²) in [5, 5.41) is 3.28. The predicted molar refractivity (Wildman–Crippen MR) is 120 cm³/mol. The van der Waals surface area contributed by atoms with E-state index in [1.807, 2.05) is 4.90 Å². The number of rotatable bonds is 5. The van der Waals surface area contributed by atoms with Crippen molar-refractivity contribution in [3.63, 3.8) is 0 Å². The minimum absolute atomic E-state index is 0.0770. The maximum absolute atomic E-state index is 14.1. The van der Waals surface area contributed by atoms with E-state index in [4.69, 9.17) is 11.6 Å². The molecule has 2 fully saturated rings. The summed E-state index contributed by atoms with van der Waals surface area (Å²) in [7, 11) is 0. The van der Waals surface area contributed by atoms with Gasteiger partial charge in [0, 0.05) is 39.1 Å². The Balaban J connectivity index is 1.27. The standard InChI is InChI=1S/C23H24ClFN4O3/c24-17-5-1-3-7-19(17)26-21(30)15-27-9-11-28(12-10-27)23(32)16-13-22(31)29(14-16)20-8-4-2-6-18(20)25/h1-8,16H,9-15H2,(H,26,30). The van der Waals surface area contributed by atoms with Crippen LogP contribution < -0.4 is 10.2 Å². The lowest BCUT2D eigenvalue weighted by Gasteiger charge is -2.35. The van der Waals surface area contributed by atoms with Crippen LogP contribution in [0.4, 0.5) is 15.8 Å². The van der Waals surface area contributed by atoms with Gasteiger partial charge in [-0.3, -0.25) is 19.3 Å². The number of benzene rings is 2. The number of carbonyl (C=O) groups excluding carboxylic acids is 3. The Hall–Kier alpha value is -2.97. The minimum Gasteiger partial charge on any atom is -0.340 e. The number of anilines is 2. The lowest BCUT2D eigenvalue weighted by Crippen LogP contribution is -2.52. The van der Waals surface area contributed by atoms with E-state index in [9.17, 15) is 18.8 Å². The number of carbonyl (C=O) groups is 3. The van der Waals surface area contributed by atoms with Gasteiger partial charge in [-0.25, -0.2) is 4.39 Å². The first-order valence-electron chi connectivity index (χ1n) is 10.5. The van der Waals surface area contributed by atoms with Gasteiger partial charge in [0.15, 0.2) is 0 Å². The molecular weight excluding hydrogens is 435 g/mol. The van der Waals surface area contributed by atoms with E-state index in [0.29, 0.717) is 36.9 Å². The molecule has 0 radical (unpaired) electrons. The number of nitrogens with one attached hydrogen (secondary N) is 1. The molecule has 0 aliphatic carbocycles. The number of nitrogens with zero attached hydrogens (tertiary/aromatic N) is 3. The molecule has 2 aromatic rings. The lowest BCUT2D eigenvalue weighted by molar-refractivity contribution is -0.137. The number of para-hydroxylation sites is 2. The Labute approximate surface area is 190 Å². The first-order valence-corrected chi connectivity index (χ1v) is 10.9. The van der Waals surface area contributed by atoms with E-state index < -0.39 is 11.7 Å². The summed E-state index contributed by atoms with van der Waals surface area (Å²) in [6, 6.07) is 13.1. The molecule has 3 amide bonds. The highest BCUT2D eigenvalue weighted by Crippen LogP contribution is 2.28. The smallest absolute Gasteiger partial charge is 0.238 e. The quantitative estimate of drug-likeness (QED) is 0.747. The maximum Gasteiger partial charge on any atom is 0.238 e. The molecule has 0 spiro atoms. The summed E-state index contributed by atoms with van der Waals surface area (Å²) in [5.74, 6) is -1.48. The molecule has 0 bridgehead atoms. The second-order valence-corrected chi connectivity index (χ2v) is 8.39. The molecule has 1 unspecified atom stereocenters. The molecule has 32 heavy (non-hydrogen) atoms. The molecular formula is C23H24ClFN4O3. The van der Waals surface area contributed by atoms with Gasteiger partial charge in [-0.2, -0.15) is 0 Å². The van der Waals surface area contributed by atoms with Crippen LogP contribution in [0.2, 0.25) is 5.02 Å². The third kappa shape index (κ3) is 4.92. The molecule has 7 nitrogen and oxygen atoms in total. The van der Waals surface area contributed by atoms with Gasteiger partial charge in [0.2, 0.25) is 17.7 Å². The Morgan fingerprint density at radius 3 is 2.44 bits per heavy atom. The fraction of sp³-hybridized carbons (Fsp3) is 0.348. The van der Waals surface area contributed by atoms with Crippen LogP contribution in [0.15, 0.2) is 48.5 Å². The first-order chi connectivity index (χ1) is 15.4.